The second-order valence-electron chi connectivity index (χ2n) is 9.77. The summed E-state index contributed by atoms with van der Waals surface area (Å²) < 4.78 is 0. The minimum absolute atomic E-state index is 0.324. The highest BCUT2D eigenvalue weighted by atomic mass is 32.1. The van der Waals surface area contributed by atoms with Crippen LogP contribution in [-0.4, -0.2) is 71.1 Å². The van der Waals surface area contributed by atoms with Crippen LogP contribution in [-0.2, 0) is 27.3 Å². The highest BCUT2D eigenvalue weighted by Crippen LogP contribution is 2.25. The third-order valence-electron chi connectivity index (χ3n) is 6.25. The summed E-state index contributed by atoms with van der Waals surface area (Å²) in [7, 11) is 5.75. The third kappa shape index (κ3) is 9.49. The number of carbonyl (C=O) groups is 4. The molecule has 0 spiro atoms. The maximum absolute atomic E-state index is 11.4. The first kappa shape index (κ1) is 30.8. The Morgan fingerprint density at radius 3 is 2.32 bits per heavy atom. The first-order valence-electron chi connectivity index (χ1n) is 12.6. The fraction of sp³-hybridized carbons (Fsp3) is 0.538. The van der Waals surface area contributed by atoms with Crippen molar-refractivity contribution in [1.82, 2.24) is 19.8 Å². The SMILES string of the molecule is CN(C)C(=O)C1CCCCC1.CN1CCc2nc(C(N)=O)sc2C1.Cc1cc(C)c(NC(=O)C(N)=O)cn1. The summed E-state index contributed by atoms with van der Waals surface area (Å²) in [6.07, 6.45) is 8.43. The van der Waals surface area contributed by atoms with E-state index in [9.17, 15) is 19.2 Å². The summed E-state index contributed by atoms with van der Waals surface area (Å²) in [5, 5.41) is 2.81. The van der Waals surface area contributed by atoms with Gasteiger partial charge in [-0.05, 0) is 45.4 Å². The number of nitrogens with one attached hydrogen (secondary N) is 1. The van der Waals surface area contributed by atoms with E-state index in [0.29, 0.717) is 22.5 Å². The molecule has 11 nitrogen and oxygen atoms in total. The lowest BCUT2D eigenvalue weighted by atomic mass is 9.88. The van der Waals surface area contributed by atoms with Crippen molar-refractivity contribution >= 4 is 40.7 Å². The van der Waals surface area contributed by atoms with Crippen molar-refractivity contribution in [1.29, 1.82) is 0 Å². The first-order chi connectivity index (χ1) is 17.9. The van der Waals surface area contributed by atoms with E-state index in [1.165, 1.54) is 41.7 Å². The average molecular weight is 546 g/mol. The topological polar surface area (TPSA) is 165 Å². The maximum atomic E-state index is 11.4. The summed E-state index contributed by atoms with van der Waals surface area (Å²) in [5.74, 6) is -1.60. The molecule has 2 aromatic heterocycles. The van der Waals surface area contributed by atoms with Crippen molar-refractivity contribution in [3.63, 3.8) is 0 Å². The van der Waals surface area contributed by atoms with Crippen molar-refractivity contribution < 1.29 is 19.2 Å². The molecule has 12 heteroatoms. The van der Waals surface area contributed by atoms with E-state index in [0.717, 1.165) is 49.3 Å². The number of amides is 4. The molecule has 1 aliphatic heterocycles. The Labute approximate surface area is 228 Å². The molecule has 2 aliphatic rings. The van der Waals surface area contributed by atoms with Crippen LogP contribution >= 0.6 is 11.3 Å². The van der Waals surface area contributed by atoms with Crippen LogP contribution in [0.1, 0.15) is 63.7 Å². The van der Waals surface area contributed by atoms with E-state index in [2.05, 4.69) is 27.2 Å². The summed E-state index contributed by atoms with van der Waals surface area (Å²) in [6, 6.07) is 1.80. The standard InChI is InChI=1S/C9H11N3O2.C9H17NO.C8H11N3OS/c1-5-3-6(2)11-4-7(5)12-9(14)8(10)13;1-10(2)9(11)8-6-4-3-5-7-8;1-11-3-2-5-6(4-11)13-8(10-5)7(9)12/h3-4H,1-2H3,(H2,10,13)(H,12,14);8H,3-7H2,1-2H3;2-4H2,1H3,(H2,9,12). The van der Waals surface area contributed by atoms with Gasteiger partial charge in [-0.2, -0.15) is 0 Å². The molecule has 1 saturated carbocycles. The smallest absolute Gasteiger partial charge is 0.313 e. The Morgan fingerprint density at radius 2 is 1.76 bits per heavy atom. The quantitative estimate of drug-likeness (QED) is 0.496. The Kier molecular flexibility index (Phi) is 11.8. The van der Waals surface area contributed by atoms with Gasteiger partial charge < -0.3 is 26.6 Å². The van der Waals surface area contributed by atoms with Crippen LogP contribution in [0.5, 0.6) is 0 Å². The van der Waals surface area contributed by atoms with Crippen molar-refractivity contribution in [2.75, 3.05) is 33.0 Å². The predicted molar refractivity (Wildman–Crippen MR) is 147 cm³/mol. The molecule has 0 unspecified atom stereocenters. The third-order valence-corrected chi connectivity index (χ3v) is 7.34. The Balaban J connectivity index is 0.000000202. The van der Waals surface area contributed by atoms with Gasteiger partial charge in [0.15, 0.2) is 5.01 Å². The van der Waals surface area contributed by atoms with Crippen LogP contribution in [0.25, 0.3) is 0 Å². The number of nitrogens with two attached hydrogens (primary N) is 2. The fourth-order valence-electron chi connectivity index (χ4n) is 4.15. The van der Waals surface area contributed by atoms with Gasteiger partial charge in [0.25, 0.3) is 5.91 Å². The summed E-state index contributed by atoms with van der Waals surface area (Å²) in [6.45, 7) is 5.55. The Bertz CT molecular complexity index is 1140. The predicted octanol–water partition coefficient (Wildman–Crippen LogP) is 2.01. The number of carbonyl (C=O) groups excluding carboxylic acids is 4. The summed E-state index contributed by atoms with van der Waals surface area (Å²) in [4.78, 5) is 57.0. The highest BCUT2D eigenvalue weighted by molar-refractivity contribution is 7.13. The molecule has 208 valence electrons. The molecular formula is C26H39N7O4S. The van der Waals surface area contributed by atoms with Crippen molar-refractivity contribution in [2.45, 2.75) is 58.9 Å². The number of hydrogen-bond donors (Lipinski definition) is 3. The van der Waals surface area contributed by atoms with Gasteiger partial charge in [-0.25, -0.2) is 4.98 Å². The molecule has 1 fully saturated rings. The molecule has 4 amide bonds. The van der Waals surface area contributed by atoms with E-state index in [1.807, 2.05) is 27.9 Å². The number of rotatable bonds is 3. The molecular weight excluding hydrogens is 506 g/mol. The lowest BCUT2D eigenvalue weighted by molar-refractivity contribution is -0.134. The molecule has 0 saturated heterocycles. The van der Waals surface area contributed by atoms with Gasteiger partial charge in [0.1, 0.15) is 0 Å². The molecule has 0 aromatic carbocycles. The van der Waals surface area contributed by atoms with Crippen LogP contribution in [0.3, 0.4) is 0 Å². The van der Waals surface area contributed by atoms with Crippen LogP contribution < -0.4 is 16.8 Å². The van der Waals surface area contributed by atoms with Gasteiger partial charge in [-0.3, -0.25) is 24.2 Å². The number of pyridine rings is 1. The molecule has 1 aliphatic carbocycles. The number of likely N-dealkylation sites (N-methyl/N-ethyl adjacent to an activating group) is 1. The molecule has 0 radical (unpaired) electrons. The van der Waals surface area contributed by atoms with Crippen LogP contribution in [0, 0.1) is 19.8 Å². The van der Waals surface area contributed by atoms with Gasteiger partial charge in [0, 0.05) is 50.1 Å². The minimum atomic E-state index is -1.01. The van der Waals surface area contributed by atoms with E-state index >= 15 is 0 Å². The van der Waals surface area contributed by atoms with Gasteiger partial charge in [-0.15, -0.1) is 11.3 Å². The number of aryl methyl sites for hydroxylation is 2. The lowest BCUT2D eigenvalue weighted by Crippen LogP contribution is -2.30. The summed E-state index contributed by atoms with van der Waals surface area (Å²) >= 11 is 1.42. The van der Waals surface area contributed by atoms with Gasteiger partial charge in [-0.1, -0.05) is 19.3 Å². The minimum Gasteiger partial charge on any atom is -0.364 e. The maximum Gasteiger partial charge on any atom is 0.313 e. The molecule has 38 heavy (non-hydrogen) atoms. The normalized spacial score (nSPS) is 15.1. The molecule has 5 N–H and O–H groups in total. The molecule has 0 bridgehead atoms. The number of thiazole rings is 1. The van der Waals surface area contributed by atoms with E-state index in [4.69, 9.17) is 11.5 Å². The van der Waals surface area contributed by atoms with Gasteiger partial charge in [0.05, 0.1) is 17.6 Å². The first-order valence-corrected chi connectivity index (χ1v) is 13.4. The number of aromatic nitrogens is 2. The van der Waals surface area contributed by atoms with Crippen LogP contribution in [0.4, 0.5) is 5.69 Å². The summed E-state index contributed by atoms with van der Waals surface area (Å²) in [5.41, 5.74) is 13.2. The van der Waals surface area contributed by atoms with Gasteiger partial charge in [0.2, 0.25) is 5.91 Å². The zero-order valence-corrected chi connectivity index (χ0v) is 23.7. The van der Waals surface area contributed by atoms with Crippen molar-refractivity contribution in [2.24, 2.45) is 17.4 Å². The van der Waals surface area contributed by atoms with Crippen molar-refractivity contribution in [3.05, 3.63) is 39.1 Å². The molecule has 2 aromatic rings. The average Bonchev–Trinajstić information content (AvgIpc) is 3.30. The second kappa shape index (κ2) is 14.5. The number of primary amides is 2. The van der Waals surface area contributed by atoms with Crippen LogP contribution in [0.2, 0.25) is 0 Å². The van der Waals surface area contributed by atoms with E-state index in [1.54, 1.807) is 11.0 Å². The van der Waals surface area contributed by atoms with E-state index in [-0.39, 0.29) is 0 Å². The molecule has 3 heterocycles. The van der Waals surface area contributed by atoms with Crippen LogP contribution in [0.15, 0.2) is 12.3 Å². The van der Waals surface area contributed by atoms with E-state index < -0.39 is 17.7 Å². The Morgan fingerprint density at radius 1 is 1.11 bits per heavy atom. The second-order valence-corrected chi connectivity index (χ2v) is 10.9. The number of nitrogens with zero attached hydrogens (tertiary/aromatic N) is 4. The zero-order valence-electron chi connectivity index (χ0n) is 22.9. The highest BCUT2D eigenvalue weighted by Gasteiger charge is 2.22. The van der Waals surface area contributed by atoms with Gasteiger partial charge >= 0.3 is 11.8 Å². The number of fused-ring (bicyclic) bond motifs is 1. The number of hydrogen-bond acceptors (Lipinski definition) is 8. The fourth-order valence-corrected chi connectivity index (χ4v) is 5.19. The Hall–Kier alpha value is -3.38. The lowest BCUT2D eigenvalue weighted by Gasteiger charge is -2.23. The largest absolute Gasteiger partial charge is 0.364 e. The monoisotopic (exact) mass is 545 g/mol. The molecule has 0 atom stereocenters. The molecule has 4 rings (SSSR count). The zero-order chi connectivity index (χ0) is 28.4. The van der Waals surface area contributed by atoms with Crippen molar-refractivity contribution in [3.8, 4) is 0 Å². The number of anilines is 1.